The van der Waals surface area contributed by atoms with Gasteiger partial charge in [-0.3, -0.25) is 0 Å². The van der Waals surface area contributed by atoms with Gasteiger partial charge >= 0.3 is 0 Å². The number of amidine groups is 2. The van der Waals surface area contributed by atoms with E-state index in [4.69, 9.17) is 25.0 Å². The van der Waals surface area contributed by atoms with Crippen LogP contribution in [0.2, 0.25) is 0 Å². The number of benzene rings is 6. The summed E-state index contributed by atoms with van der Waals surface area (Å²) >= 11 is 0. The molecule has 6 aromatic rings. The molecular weight excluding hydrogens is 613 g/mol. The van der Waals surface area contributed by atoms with Crippen LogP contribution in [0.5, 0.6) is 0 Å². The highest BCUT2D eigenvalue weighted by atomic mass is 15.5. The first kappa shape index (κ1) is 29.4. The molecule has 0 amide bonds. The molecule has 9 rings (SSSR count). The predicted octanol–water partition coefficient (Wildman–Crippen LogP) is 9.66. The monoisotopic (exact) mass is 642 g/mol. The molecule has 6 heteroatoms. The number of guanidine groups is 2. The predicted molar refractivity (Wildman–Crippen MR) is 205 cm³/mol. The van der Waals surface area contributed by atoms with Crippen LogP contribution in [0.4, 0.5) is 0 Å². The van der Waals surface area contributed by atoms with E-state index in [0.29, 0.717) is 29.4 Å². The maximum absolute atomic E-state index is 5.18. The number of nitrogens with zero attached hydrogens (tertiary/aromatic N) is 6. The molecule has 0 unspecified atom stereocenters. The van der Waals surface area contributed by atoms with Gasteiger partial charge < -0.3 is 0 Å². The minimum Gasteiger partial charge on any atom is -0.229 e. The first-order chi connectivity index (χ1) is 24.7. The molecule has 3 heterocycles. The van der Waals surface area contributed by atoms with Crippen LogP contribution in [0.1, 0.15) is 23.6 Å². The molecule has 0 spiro atoms. The molecule has 3 aliphatic rings. The lowest BCUT2D eigenvalue weighted by Gasteiger charge is -2.33. The van der Waals surface area contributed by atoms with Crippen molar-refractivity contribution in [1.82, 2.24) is 4.90 Å². The molecule has 0 aliphatic carbocycles. The van der Waals surface area contributed by atoms with Crippen molar-refractivity contribution in [3.63, 3.8) is 0 Å². The second kappa shape index (κ2) is 12.3. The first-order valence-corrected chi connectivity index (χ1v) is 16.6. The maximum atomic E-state index is 5.18. The summed E-state index contributed by atoms with van der Waals surface area (Å²) in [5.41, 5.74) is 11.2. The van der Waals surface area contributed by atoms with Gasteiger partial charge in [-0.05, 0) is 58.5 Å². The van der Waals surface area contributed by atoms with Crippen LogP contribution < -0.4 is 0 Å². The summed E-state index contributed by atoms with van der Waals surface area (Å²) < 4.78 is 0. The van der Waals surface area contributed by atoms with Crippen molar-refractivity contribution >= 4 is 29.3 Å². The van der Waals surface area contributed by atoms with Crippen molar-refractivity contribution < 1.29 is 0 Å². The average Bonchev–Trinajstić information content (AvgIpc) is 3.20. The zero-order chi connectivity index (χ0) is 33.4. The summed E-state index contributed by atoms with van der Waals surface area (Å²) in [7, 11) is 0. The fourth-order valence-electron chi connectivity index (χ4n) is 6.51. The van der Waals surface area contributed by atoms with E-state index in [1.807, 2.05) is 71.6 Å². The maximum Gasteiger partial charge on any atom is 0.242 e. The van der Waals surface area contributed by atoms with E-state index in [9.17, 15) is 0 Å². The largest absolute Gasteiger partial charge is 0.242 e. The molecule has 0 aromatic heterocycles. The highest BCUT2D eigenvalue weighted by Gasteiger charge is 2.36. The topological polar surface area (TPSA) is 65.0 Å². The summed E-state index contributed by atoms with van der Waals surface area (Å²) in [6, 6.07) is 56.2. The molecule has 0 radical (unpaired) electrons. The highest BCUT2D eigenvalue weighted by Crippen LogP contribution is 2.33. The molecule has 6 nitrogen and oxygen atoms in total. The Hall–Kier alpha value is -6.79. The van der Waals surface area contributed by atoms with Gasteiger partial charge in [-0.15, -0.1) is 0 Å². The molecule has 50 heavy (non-hydrogen) atoms. The normalized spacial score (nSPS) is 15.0. The lowest BCUT2D eigenvalue weighted by molar-refractivity contribution is 0.689. The smallest absolute Gasteiger partial charge is 0.229 e. The van der Waals surface area contributed by atoms with Crippen LogP contribution in [0.25, 0.3) is 33.4 Å². The molecule has 0 saturated heterocycles. The van der Waals surface area contributed by atoms with Crippen LogP contribution in [-0.4, -0.2) is 34.2 Å². The number of aliphatic imine (C=N–C) groups is 5. The van der Waals surface area contributed by atoms with Gasteiger partial charge in [-0.2, -0.15) is 15.0 Å². The molecule has 6 aromatic carbocycles. The van der Waals surface area contributed by atoms with Gasteiger partial charge in [0.05, 0.1) is 5.71 Å². The molecule has 0 N–H and O–H groups in total. The lowest BCUT2D eigenvalue weighted by Crippen LogP contribution is -2.44. The van der Waals surface area contributed by atoms with Crippen LogP contribution in [0, 0.1) is 0 Å². The fraction of sp³-hybridized carbons (Fsp3) is 0.0227. The Labute approximate surface area is 290 Å². The van der Waals surface area contributed by atoms with E-state index in [0.717, 1.165) is 61.4 Å². The molecule has 0 bridgehead atoms. The van der Waals surface area contributed by atoms with Crippen molar-refractivity contribution in [2.24, 2.45) is 25.0 Å². The number of hydrogen-bond acceptors (Lipinski definition) is 6. The van der Waals surface area contributed by atoms with Crippen LogP contribution >= 0.6 is 0 Å². The van der Waals surface area contributed by atoms with Gasteiger partial charge in [-0.1, -0.05) is 146 Å². The zero-order valence-corrected chi connectivity index (χ0v) is 27.3. The van der Waals surface area contributed by atoms with Crippen molar-refractivity contribution in [1.29, 1.82) is 0 Å². The van der Waals surface area contributed by atoms with Gasteiger partial charge in [0, 0.05) is 22.3 Å². The highest BCUT2D eigenvalue weighted by molar-refractivity contribution is 6.28. The van der Waals surface area contributed by atoms with E-state index in [1.165, 1.54) is 0 Å². The molecule has 236 valence electrons. The van der Waals surface area contributed by atoms with Crippen molar-refractivity contribution in [3.8, 4) is 33.4 Å². The molecule has 0 saturated carbocycles. The van der Waals surface area contributed by atoms with E-state index >= 15 is 0 Å². The Morgan fingerprint density at radius 1 is 0.340 bits per heavy atom. The van der Waals surface area contributed by atoms with E-state index in [2.05, 4.69) is 104 Å². The van der Waals surface area contributed by atoms with Gasteiger partial charge in [0.1, 0.15) is 5.82 Å². The number of rotatable bonds is 6. The third-order valence-corrected chi connectivity index (χ3v) is 9.04. The van der Waals surface area contributed by atoms with Gasteiger partial charge in [-0.25, -0.2) is 14.9 Å². The van der Waals surface area contributed by atoms with Crippen LogP contribution in [0.3, 0.4) is 0 Å². The number of hydrogen-bond donors (Lipinski definition) is 0. The van der Waals surface area contributed by atoms with Gasteiger partial charge in [0.2, 0.25) is 11.9 Å². The Kier molecular flexibility index (Phi) is 7.25. The van der Waals surface area contributed by atoms with E-state index in [1.54, 1.807) is 0 Å². The summed E-state index contributed by atoms with van der Waals surface area (Å²) in [5.74, 6) is 2.82. The summed E-state index contributed by atoms with van der Waals surface area (Å²) in [4.78, 5) is 27.4. The van der Waals surface area contributed by atoms with Crippen LogP contribution in [0.15, 0.2) is 200 Å². The third-order valence-electron chi connectivity index (χ3n) is 9.04. The summed E-state index contributed by atoms with van der Waals surface area (Å²) in [6.45, 7) is 2.06. The Morgan fingerprint density at radius 3 is 1.22 bits per heavy atom. The van der Waals surface area contributed by atoms with Gasteiger partial charge in [0.25, 0.3) is 0 Å². The second-order valence-corrected chi connectivity index (χ2v) is 12.3. The van der Waals surface area contributed by atoms with E-state index in [-0.39, 0.29) is 0 Å². The second-order valence-electron chi connectivity index (χ2n) is 12.3. The van der Waals surface area contributed by atoms with Crippen molar-refractivity contribution in [3.05, 3.63) is 192 Å². The molecule has 0 atom stereocenters. The lowest BCUT2D eigenvalue weighted by atomic mass is 9.97. The molecular formula is C44H30N6. The molecule has 3 aliphatic heterocycles. The number of allylic oxidation sites excluding steroid dienone is 1. The Morgan fingerprint density at radius 2 is 0.720 bits per heavy atom. The summed E-state index contributed by atoms with van der Waals surface area (Å²) in [5, 5.41) is 0. The zero-order valence-electron chi connectivity index (χ0n) is 27.3. The average molecular weight is 643 g/mol. The summed E-state index contributed by atoms with van der Waals surface area (Å²) in [6.07, 6.45) is 0. The van der Waals surface area contributed by atoms with Crippen molar-refractivity contribution in [2.75, 3.05) is 0 Å². The molecule has 0 fully saturated rings. The Bertz CT molecular complexity index is 2460. The minimum atomic E-state index is 0.486. The van der Waals surface area contributed by atoms with Crippen LogP contribution in [-0.2, 0) is 0 Å². The first-order valence-electron chi connectivity index (χ1n) is 16.6. The fourth-order valence-corrected chi connectivity index (χ4v) is 6.51. The van der Waals surface area contributed by atoms with Gasteiger partial charge in [0.15, 0.2) is 11.7 Å². The Balaban J connectivity index is 1.21. The quantitative estimate of drug-likeness (QED) is 0.178. The minimum absolute atomic E-state index is 0.486. The SMILES string of the molecule is CC1=C2N=C(c3cccc(-c4ccccc4)c3)N=C3N=C(c4cccc(-c5ccccc5)c4)N=C(N=C1c1cccc(-c4ccccc4)c1)N32. The standard InChI is InChI=1S/C44H30N6/c1-29-39(36-23-11-20-33(26-36)30-14-5-2-6-15-30)45-43-48-41(38-25-13-22-35(28-38)32-18-9-4-10-19-32)49-44-47-40(46-42(29)50(43)44)37-24-12-21-34(27-37)31-16-7-3-8-17-31/h2-28H,1H3. The van der Waals surface area contributed by atoms with Crippen molar-refractivity contribution in [2.45, 2.75) is 6.92 Å². The third kappa shape index (κ3) is 5.39. The van der Waals surface area contributed by atoms with E-state index < -0.39 is 0 Å².